The van der Waals surface area contributed by atoms with Gasteiger partial charge in [0.1, 0.15) is 0 Å². The molecule has 0 N–H and O–H groups in total. The zero-order chi connectivity index (χ0) is 90.1. The third kappa shape index (κ3) is 14.2. The molecule has 3 heterocycles. The van der Waals surface area contributed by atoms with Gasteiger partial charge in [0, 0.05) is 96.4 Å². The average molecular weight is 1780 g/mol. The number of nitrogens with zero attached hydrogens (tertiary/aromatic N) is 4. The van der Waals surface area contributed by atoms with Crippen LogP contribution in [0.3, 0.4) is 0 Å². The van der Waals surface area contributed by atoms with Gasteiger partial charge >= 0.3 is 0 Å². The van der Waals surface area contributed by atoms with E-state index >= 15 is 0 Å². The molecule has 4 aliphatic rings. The van der Waals surface area contributed by atoms with Crippen LogP contribution in [0.15, 0.2) is 499 Å². The third-order valence-electron chi connectivity index (χ3n) is 27.1. The Kier molecular flexibility index (Phi) is 21.0. The van der Waals surface area contributed by atoms with Crippen molar-refractivity contribution in [3.05, 3.63) is 535 Å². The Morgan fingerprint density at radius 3 is 1.30 bits per heavy atom. The maximum absolute atomic E-state index is 9.86. The molecule has 0 bridgehead atoms. The molecule has 2 aliphatic carbocycles. The highest BCUT2D eigenvalue weighted by atomic mass is 32.2. The van der Waals surface area contributed by atoms with Crippen LogP contribution in [0.4, 0.5) is 51.2 Å². The van der Waals surface area contributed by atoms with E-state index in [-0.39, 0.29) is 0 Å². The fraction of sp³-hybridized carbons (Fsp3) is 0.0397. The maximum Gasteiger partial charge on any atom is 0.178 e. The van der Waals surface area contributed by atoms with Crippen molar-refractivity contribution in [2.75, 3.05) is 14.7 Å². The van der Waals surface area contributed by atoms with E-state index < -0.39 is 10.8 Å². The summed E-state index contributed by atoms with van der Waals surface area (Å²) in [6.45, 7) is 4.50. The van der Waals surface area contributed by atoms with E-state index in [4.69, 9.17) is 9.47 Å². The standard InChI is InChI=1S/C67H46N2S2.C59H40N2O2S/c1-5-17-47(18-6-1)49-31-39-57(40-32-49)69(55-23-11-4-12-24-55)58-43-37-52(38-44-58)67(60-26-14-13-25-59(60)65-61(67)45-46-64-66(65)71-63-28-16-15-27-62(63)70-64)51-35-29-48(30-36-51)50-33-41-56(42-34-50)68(53-19-7-2-8-20-53)54-21-9-3-10-22-54;1-37(2)39-25-27-42(28-26-39)59(47-19-8-6-17-45(47)55-48(59)32-34-53-57(55)63-52-21-10-9-20-51(52)62-53)49-31-33-50(56-46-18-7-11-22-54(46)64-58(49)56)61(43-29-23-38(36-60)24-30-43)44-16-12-15-41(35-44)40-13-4-3-5-14-40/h1-46H;3-35,37H,1-2H3. The third-order valence-corrected chi connectivity index (χ3v) is 30.9. The van der Waals surface area contributed by atoms with Crippen LogP contribution < -0.4 is 24.2 Å². The number of para-hydroxylation sites is 5. The van der Waals surface area contributed by atoms with Gasteiger partial charge in [0.05, 0.1) is 28.2 Å². The summed E-state index contributed by atoms with van der Waals surface area (Å²) in [6.07, 6.45) is 0. The van der Waals surface area contributed by atoms with Gasteiger partial charge < -0.3 is 24.2 Å². The minimum atomic E-state index is -0.735. The molecule has 0 saturated heterocycles. The number of anilines is 9. The predicted octanol–water partition coefficient (Wildman–Crippen LogP) is 35.4. The summed E-state index contributed by atoms with van der Waals surface area (Å²) in [4.78, 5) is 12.3. The molecule has 0 amide bonds. The molecule has 21 aromatic rings. The number of thiophene rings is 1. The van der Waals surface area contributed by atoms with E-state index in [1.54, 1.807) is 0 Å². The summed E-state index contributed by atoms with van der Waals surface area (Å²) in [6, 6.07) is 175. The van der Waals surface area contributed by atoms with E-state index in [0.29, 0.717) is 28.7 Å². The summed E-state index contributed by atoms with van der Waals surface area (Å²) in [7, 11) is 0. The highest BCUT2D eigenvalue weighted by Gasteiger charge is 2.51. The lowest BCUT2D eigenvalue weighted by Crippen LogP contribution is -2.29. The van der Waals surface area contributed by atoms with Crippen molar-refractivity contribution < 1.29 is 9.47 Å². The normalized spacial score (nSPS) is 14.3. The highest BCUT2D eigenvalue weighted by Crippen LogP contribution is 2.66. The van der Waals surface area contributed by atoms with Gasteiger partial charge in [-0.1, -0.05) is 359 Å². The molecule has 1 aromatic heterocycles. The molecule has 6 nitrogen and oxygen atoms in total. The van der Waals surface area contributed by atoms with Gasteiger partial charge in [-0.05, 0) is 258 Å². The summed E-state index contributed by atoms with van der Waals surface area (Å²) >= 11 is 5.65. The predicted molar refractivity (Wildman–Crippen MR) is 561 cm³/mol. The number of hydrogen-bond acceptors (Lipinski definition) is 9. The van der Waals surface area contributed by atoms with E-state index in [2.05, 4.69) is 477 Å². The van der Waals surface area contributed by atoms with Gasteiger partial charge in [0.2, 0.25) is 0 Å². The molecular formula is C126H86N4O2S3. The summed E-state index contributed by atoms with van der Waals surface area (Å²) in [5.41, 5.74) is 31.9. The smallest absolute Gasteiger partial charge is 0.178 e. The molecule has 0 fully saturated rings. The highest BCUT2D eigenvalue weighted by molar-refractivity contribution is 8.05. The average Bonchev–Trinajstić information content (AvgIpc) is 1.42. The number of nitriles is 1. The Labute approximate surface area is 799 Å². The second-order valence-corrected chi connectivity index (χ2v) is 38.1. The monoisotopic (exact) mass is 1780 g/mol. The van der Waals surface area contributed by atoms with Crippen LogP contribution in [0.5, 0.6) is 23.0 Å². The first-order valence-corrected chi connectivity index (χ1v) is 48.3. The van der Waals surface area contributed by atoms with Crippen molar-refractivity contribution in [3.63, 3.8) is 0 Å². The van der Waals surface area contributed by atoms with Gasteiger partial charge in [-0.3, -0.25) is 0 Å². The van der Waals surface area contributed by atoms with Gasteiger partial charge in [0.15, 0.2) is 23.0 Å². The van der Waals surface area contributed by atoms with Gasteiger partial charge in [-0.15, -0.1) is 11.3 Å². The fourth-order valence-corrected chi connectivity index (χ4v) is 24.6. The molecule has 2 aliphatic heterocycles. The van der Waals surface area contributed by atoms with Gasteiger partial charge in [0.25, 0.3) is 0 Å². The fourth-order valence-electron chi connectivity index (χ4n) is 20.8. The maximum atomic E-state index is 9.86. The Morgan fingerprint density at radius 2 is 0.704 bits per heavy atom. The molecular weight excluding hydrogens is 1700 g/mol. The molecule has 0 radical (unpaired) electrons. The lowest BCUT2D eigenvalue weighted by atomic mass is 9.67. The molecule has 25 rings (SSSR count). The summed E-state index contributed by atoms with van der Waals surface area (Å²) < 4.78 is 15.9. The number of hydrogen-bond donors (Lipinski definition) is 0. The molecule has 9 heteroatoms. The Hall–Kier alpha value is -16.2. The van der Waals surface area contributed by atoms with Crippen LogP contribution in [-0.4, -0.2) is 0 Å². The first-order chi connectivity index (χ1) is 66.7. The Balaban J connectivity index is 0.000000149. The van der Waals surface area contributed by atoms with Crippen LogP contribution in [0.2, 0.25) is 0 Å². The second-order valence-electron chi connectivity index (χ2n) is 34.9. The van der Waals surface area contributed by atoms with Crippen LogP contribution in [0, 0.1) is 11.3 Å². The first-order valence-electron chi connectivity index (χ1n) is 45.9. The molecule has 640 valence electrons. The van der Waals surface area contributed by atoms with Crippen molar-refractivity contribution in [3.8, 4) is 84.7 Å². The Morgan fingerprint density at radius 1 is 0.289 bits per heavy atom. The zero-order valence-electron chi connectivity index (χ0n) is 74.0. The lowest BCUT2D eigenvalue weighted by Gasteiger charge is -2.36. The first kappa shape index (κ1) is 82.0. The topological polar surface area (TPSA) is 52.0 Å². The Bertz CT molecular complexity index is 8080. The lowest BCUT2D eigenvalue weighted by molar-refractivity contribution is 0.360. The van der Waals surface area contributed by atoms with E-state index in [0.717, 1.165) is 84.8 Å². The SMILES string of the molecule is CC(C)c1ccc(C2(c3ccc(N(c4ccc(C#N)cc4)c4cccc(-c5ccccc5)c4)c4c3sc3ccccc34)c3ccccc3-c3c2ccc2c3Oc3ccccc3O2)cc1.c1ccc(-c2ccc(N(c3ccccc3)c3ccc(C4(c5ccc(-c6ccc(N(c7ccccc7)c7ccccc7)cc6)cc5)c5ccccc5-c5c4ccc4c5Sc5ccccc5S4)cc3)cc2)cc1. The summed E-state index contributed by atoms with van der Waals surface area (Å²) in [5.74, 6) is 3.23. The van der Waals surface area contributed by atoms with Gasteiger partial charge in [-0.25, -0.2) is 0 Å². The van der Waals surface area contributed by atoms with Crippen molar-refractivity contribution in [1.29, 1.82) is 5.26 Å². The van der Waals surface area contributed by atoms with Gasteiger partial charge in [-0.2, -0.15) is 5.26 Å². The van der Waals surface area contributed by atoms with E-state index in [9.17, 15) is 5.26 Å². The molecule has 2 atom stereocenters. The van der Waals surface area contributed by atoms with E-state index in [1.807, 2.05) is 71.3 Å². The molecule has 0 spiro atoms. The minimum Gasteiger partial charge on any atom is -0.449 e. The minimum absolute atomic E-state index is 0.382. The van der Waals surface area contributed by atoms with Crippen molar-refractivity contribution >= 4 is 106 Å². The van der Waals surface area contributed by atoms with Crippen LogP contribution >= 0.6 is 34.9 Å². The zero-order valence-corrected chi connectivity index (χ0v) is 76.5. The second kappa shape index (κ2) is 34.5. The molecule has 135 heavy (non-hydrogen) atoms. The van der Waals surface area contributed by atoms with Crippen molar-refractivity contribution in [1.82, 2.24) is 0 Å². The number of ether oxygens (including phenoxy) is 2. The quantitative estimate of drug-likeness (QED) is 0.0894. The molecule has 2 unspecified atom stereocenters. The van der Waals surface area contributed by atoms with Crippen molar-refractivity contribution in [2.45, 2.75) is 50.2 Å². The largest absolute Gasteiger partial charge is 0.449 e. The van der Waals surface area contributed by atoms with Crippen LogP contribution in [0.1, 0.15) is 75.4 Å². The summed E-state index contributed by atoms with van der Waals surface area (Å²) in [5, 5.41) is 12.2. The van der Waals surface area contributed by atoms with Crippen LogP contribution in [-0.2, 0) is 10.8 Å². The number of rotatable bonds is 17. The molecule has 0 saturated carbocycles. The van der Waals surface area contributed by atoms with Crippen LogP contribution in [0.25, 0.3) is 75.8 Å². The van der Waals surface area contributed by atoms with Crippen molar-refractivity contribution in [2.24, 2.45) is 0 Å². The molecule has 20 aromatic carbocycles. The van der Waals surface area contributed by atoms with E-state index in [1.165, 1.54) is 118 Å². The number of benzene rings is 20. The number of fused-ring (bicyclic) bond motifs is 15.